The highest BCUT2D eigenvalue weighted by Gasteiger charge is 2.24. The summed E-state index contributed by atoms with van der Waals surface area (Å²) < 4.78 is 1.72. The molecule has 0 aliphatic carbocycles. The summed E-state index contributed by atoms with van der Waals surface area (Å²) in [5, 5.41) is 9.23. The second-order valence-electron chi connectivity index (χ2n) is 4.17. The SMILES string of the molecule is CC(C)C(C(=O)O)n1cnc2ccccc21. The number of fused-ring (bicyclic) bond motifs is 1. The molecule has 84 valence electrons. The molecule has 16 heavy (non-hydrogen) atoms. The van der Waals surface area contributed by atoms with Crippen molar-refractivity contribution < 1.29 is 9.90 Å². The standard InChI is InChI=1S/C12H14N2O2/c1-8(2)11(12(15)16)14-7-13-9-5-3-4-6-10(9)14/h3-8,11H,1-2H3,(H,15,16). The monoisotopic (exact) mass is 218 g/mol. The van der Waals surface area contributed by atoms with E-state index in [1.54, 1.807) is 10.9 Å². The lowest BCUT2D eigenvalue weighted by molar-refractivity contribution is -0.142. The van der Waals surface area contributed by atoms with Crippen LogP contribution in [0.25, 0.3) is 11.0 Å². The van der Waals surface area contributed by atoms with Crippen LogP contribution in [0, 0.1) is 5.92 Å². The third-order valence-corrected chi connectivity index (χ3v) is 2.67. The average Bonchev–Trinajstić information content (AvgIpc) is 2.61. The molecule has 1 aromatic heterocycles. The average molecular weight is 218 g/mol. The summed E-state index contributed by atoms with van der Waals surface area (Å²) >= 11 is 0. The minimum Gasteiger partial charge on any atom is -0.480 e. The molecule has 0 fully saturated rings. The molecule has 0 aliphatic heterocycles. The molecule has 0 radical (unpaired) electrons. The van der Waals surface area contributed by atoms with Crippen molar-refractivity contribution in [3.05, 3.63) is 30.6 Å². The molecule has 1 heterocycles. The normalized spacial score (nSPS) is 13.2. The van der Waals surface area contributed by atoms with Gasteiger partial charge >= 0.3 is 5.97 Å². The fourth-order valence-electron chi connectivity index (χ4n) is 1.93. The van der Waals surface area contributed by atoms with Gasteiger partial charge in [-0.05, 0) is 18.1 Å². The molecule has 0 saturated carbocycles. The van der Waals surface area contributed by atoms with Gasteiger partial charge in [0.05, 0.1) is 17.4 Å². The van der Waals surface area contributed by atoms with Crippen molar-refractivity contribution >= 4 is 17.0 Å². The number of hydrogen-bond donors (Lipinski definition) is 1. The van der Waals surface area contributed by atoms with Crippen LogP contribution in [0.5, 0.6) is 0 Å². The van der Waals surface area contributed by atoms with Crippen LogP contribution in [-0.2, 0) is 4.79 Å². The van der Waals surface area contributed by atoms with E-state index in [9.17, 15) is 9.90 Å². The Kier molecular flexibility index (Phi) is 2.64. The summed E-state index contributed by atoms with van der Waals surface area (Å²) in [6, 6.07) is 6.99. The van der Waals surface area contributed by atoms with Crippen LogP contribution in [0.4, 0.5) is 0 Å². The molecule has 2 aromatic rings. The highest BCUT2D eigenvalue weighted by molar-refractivity contribution is 5.79. The van der Waals surface area contributed by atoms with Crippen molar-refractivity contribution in [3.63, 3.8) is 0 Å². The quantitative estimate of drug-likeness (QED) is 0.860. The zero-order valence-electron chi connectivity index (χ0n) is 9.29. The van der Waals surface area contributed by atoms with Crippen LogP contribution in [0.2, 0.25) is 0 Å². The Bertz CT molecular complexity index is 516. The molecular formula is C12H14N2O2. The van der Waals surface area contributed by atoms with E-state index >= 15 is 0 Å². The van der Waals surface area contributed by atoms with Gasteiger partial charge in [0.1, 0.15) is 6.04 Å². The number of rotatable bonds is 3. The number of aromatic nitrogens is 2. The predicted octanol–water partition coefficient (Wildman–Crippen LogP) is 2.32. The van der Waals surface area contributed by atoms with Gasteiger partial charge < -0.3 is 9.67 Å². The number of benzene rings is 1. The van der Waals surface area contributed by atoms with Gasteiger partial charge in [-0.2, -0.15) is 0 Å². The molecule has 1 N–H and O–H groups in total. The van der Waals surface area contributed by atoms with Crippen LogP contribution in [0.3, 0.4) is 0 Å². The lowest BCUT2D eigenvalue weighted by atomic mass is 10.0. The second-order valence-corrected chi connectivity index (χ2v) is 4.17. The van der Waals surface area contributed by atoms with E-state index in [0.29, 0.717) is 0 Å². The van der Waals surface area contributed by atoms with E-state index in [-0.39, 0.29) is 5.92 Å². The minimum atomic E-state index is -0.821. The zero-order chi connectivity index (χ0) is 11.7. The molecule has 0 saturated heterocycles. The van der Waals surface area contributed by atoms with E-state index in [4.69, 9.17) is 0 Å². The van der Waals surface area contributed by atoms with E-state index in [1.165, 1.54) is 0 Å². The Balaban J connectivity index is 2.57. The molecule has 0 aliphatic rings. The highest BCUT2D eigenvalue weighted by Crippen LogP contribution is 2.23. The van der Waals surface area contributed by atoms with Crippen molar-refractivity contribution in [2.24, 2.45) is 5.92 Å². The first kappa shape index (κ1) is 10.7. The first-order chi connectivity index (χ1) is 7.61. The van der Waals surface area contributed by atoms with E-state index in [2.05, 4.69) is 4.98 Å². The third-order valence-electron chi connectivity index (χ3n) is 2.67. The highest BCUT2D eigenvalue weighted by atomic mass is 16.4. The number of carboxylic acid groups (broad SMARTS) is 1. The Morgan fingerprint density at radius 3 is 2.69 bits per heavy atom. The van der Waals surface area contributed by atoms with Gasteiger partial charge in [-0.3, -0.25) is 0 Å². The Hall–Kier alpha value is -1.84. The predicted molar refractivity (Wildman–Crippen MR) is 61.2 cm³/mol. The summed E-state index contributed by atoms with van der Waals surface area (Å²) in [4.78, 5) is 15.4. The van der Waals surface area contributed by atoms with E-state index < -0.39 is 12.0 Å². The molecule has 1 aromatic carbocycles. The minimum absolute atomic E-state index is 0.0232. The first-order valence-corrected chi connectivity index (χ1v) is 5.25. The molecule has 0 amide bonds. The van der Waals surface area contributed by atoms with Gasteiger partial charge in [-0.1, -0.05) is 26.0 Å². The second kappa shape index (κ2) is 3.96. The lowest BCUT2D eigenvalue weighted by Crippen LogP contribution is -2.23. The maximum absolute atomic E-state index is 11.2. The number of hydrogen-bond acceptors (Lipinski definition) is 2. The summed E-state index contributed by atoms with van der Waals surface area (Å²) in [5.74, 6) is -0.798. The smallest absolute Gasteiger partial charge is 0.327 e. The van der Waals surface area contributed by atoms with Gasteiger partial charge in [-0.15, -0.1) is 0 Å². The summed E-state index contributed by atoms with van der Waals surface area (Å²) in [6.07, 6.45) is 1.60. The summed E-state index contributed by atoms with van der Waals surface area (Å²) in [5.41, 5.74) is 1.69. The molecular weight excluding hydrogens is 204 g/mol. The molecule has 2 rings (SSSR count). The van der Waals surface area contributed by atoms with Crippen LogP contribution < -0.4 is 0 Å². The number of imidazole rings is 1. The van der Waals surface area contributed by atoms with Crippen molar-refractivity contribution in [2.45, 2.75) is 19.9 Å². The van der Waals surface area contributed by atoms with Crippen molar-refractivity contribution in [1.82, 2.24) is 9.55 Å². The number of aliphatic carboxylic acids is 1. The zero-order valence-corrected chi connectivity index (χ0v) is 9.29. The molecule has 4 heteroatoms. The molecule has 4 nitrogen and oxygen atoms in total. The Morgan fingerprint density at radius 1 is 1.38 bits per heavy atom. The van der Waals surface area contributed by atoms with Gasteiger partial charge in [-0.25, -0.2) is 9.78 Å². The largest absolute Gasteiger partial charge is 0.480 e. The molecule has 1 unspecified atom stereocenters. The molecule has 0 bridgehead atoms. The fraction of sp³-hybridized carbons (Fsp3) is 0.333. The third kappa shape index (κ3) is 1.66. The van der Waals surface area contributed by atoms with Crippen LogP contribution in [-0.4, -0.2) is 20.6 Å². The first-order valence-electron chi connectivity index (χ1n) is 5.25. The number of para-hydroxylation sites is 2. The number of nitrogens with zero attached hydrogens (tertiary/aromatic N) is 2. The van der Waals surface area contributed by atoms with Crippen LogP contribution in [0.15, 0.2) is 30.6 Å². The van der Waals surface area contributed by atoms with Crippen molar-refractivity contribution in [2.75, 3.05) is 0 Å². The lowest BCUT2D eigenvalue weighted by Gasteiger charge is -2.18. The maximum Gasteiger partial charge on any atom is 0.327 e. The van der Waals surface area contributed by atoms with Crippen molar-refractivity contribution in [1.29, 1.82) is 0 Å². The van der Waals surface area contributed by atoms with Crippen LogP contribution in [0.1, 0.15) is 19.9 Å². The number of carbonyl (C=O) groups is 1. The van der Waals surface area contributed by atoms with Crippen molar-refractivity contribution in [3.8, 4) is 0 Å². The molecule has 0 spiro atoms. The van der Waals surface area contributed by atoms with Gasteiger partial charge in [0.2, 0.25) is 0 Å². The number of carboxylic acids is 1. The fourth-order valence-corrected chi connectivity index (χ4v) is 1.93. The van der Waals surface area contributed by atoms with Gasteiger partial charge in [0.25, 0.3) is 0 Å². The van der Waals surface area contributed by atoms with Gasteiger partial charge in [0.15, 0.2) is 0 Å². The topological polar surface area (TPSA) is 55.1 Å². The summed E-state index contributed by atoms with van der Waals surface area (Å²) in [6.45, 7) is 3.79. The van der Waals surface area contributed by atoms with E-state index in [1.807, 2.05) is 38.1 Å². The molecule has 1 atom stereocenters. The summed E-state index contributed by atoms with van der Waals surface area (Å²) in [7, 11) is 0. The Labute approximate surface area is 93.5 Å². The maximum atomic E-state index is 11.2. The van der Waals surface area contributed by atoms with Gasteiger partial charge in [0, 0.05) is 0 Å². The Morgan fingerprint density at radius 2 is 2.06 bits per heavy atom. The van der Waals surface area contributed by atoms with Crippen LogP contribution >= 0.6 is 0 Å². The van der Waals surface area contributed by atoms with E-state index in [0.717, 1.165) is 11.0 Å².